The molecule has 0 fully saturated rings. The predicted molar refractivity (Wildman–Crippen MR) is 166 cm³/mol. The van der Waals surface area contributed by atoms with Crippen LogP contribution in [0, 0.1) is 11.3 Å². The van der Waals surface area contributed by atoms with E-state index in [1.165, 1.54) is 0 Å². The second kappa shape index (κ2) is 13.7. The number of methoxy groups -OCH3 is 2. The van der Waals surface area contributed by atoms with Gasteiger partial charge in [-0.2, -0.15) is 10.2 Å². The summed E-state index contributed by atoms with van der Waals surface area (Å²) in [6, 6.07) is 21.2. The smallest absolute Gasteiger partial charge is 0.250 e. The highest BCUT2D eigenvalue weighted by Crippen LogP contribution is 2.35. The van der Waals surface area contributed by atoms with Crippen molar-refractivity contribution in [3.8, 4) is 17.6 Å². The first kappa shape index (κ1) is 31.5. The number of pyridine rings is 1. The van der Waals surface area contributed by atoms with E-state index in [1.807, 2.05) is 85.5 Å². The molecular formula is C31H33ClN6O4S. The van der Waals surface area contributed by atoms with Gasteiger partial charge in [-0.25, -0.2) is 18.4 Å². The van der Waals surface area contributed by atoms with Gasteiger partial charge in [-0.15, -0.1) is 0 Å². The largest absolute Gasteiger partial charge is 0.497 e. The zero-order valence-corrected chi connectivity index (χ0v) is 26.2. The first-order chi connectivity index (χ1) is 20.6. The van der Waals surface area contributed by atoms with Gasteiger partial charge in [-0.05, 0) is 55.3 Å². The van der Waals surface area contributed by atoms with Gasteiger partial charge in [0.05, 0.1) is 20.3 Å². The van der Waals surface area contributed by atoms with Crippen LogP contribution in [0.25, 0.3) is 0 Å². The maximum Gasteiger partial charge on any atom is 0.250 e. The summed E-state index contributed by atoms with van der Waals surface area (Å²) in [6.45, 7) is 5.34. The van der Waals surface area contributed by atoms with Crippen molar-refractivity contribution in [3.05, 3.63) is 94.3 Å². The molecule has 0 N–H and O–H groups in total. The molecule has 0 unspecified atom stereocenters. The molecule has 1 atom stereocenters. The lowest BCUT2D eigenvalue weighted by molar-refractivity contribution is 0.414. The number of hydrogen-bond donors (Lipinski definition) is 0. The lowest BCUT2D eigenvalue weighted by Crippen LogP contribution is -2.32. The summed E-state index contributed by atoms with van der Waals surface area (Å²) < 4.78 is 35.4. The molecule has 0 radical (unpaired) electrons. The number of rotatable bonds is 12. The third-order valence-corrected chi connectivity index (χ3v) is 8.10. The summed E-state index contributed by atoms with van der Waals surface area (Å²) in [4.78, 5) is 17.0. The van der Waals surface area contributed by atoms with Gasteiger partial charge in [-0.1, -0.05) is 41.9 Å². The van der Waals surface area contributed by atoms with E-state index in [1.54, 1.807) is 20.4 Å². The van der Waals surface area contributed by atoms with Crippen LogP contribution in [0.2, 0.25) is 5.15 Å². The van der Waals surface area contributed by atoms with Crippen molar-refractivity contribution in [1.82, 2.24) is 15.0 Å². The molecule has 0 amide bonds. The van der Waals surface area contributed by atoms with E-state index in [2.05, 4.69) is 14.9 Å². The van der Waals surface area contributed by atoms with Crippen molar-refractivity contribution < 1.29 is 17.9 Å². The monoisotopic (exact) mass is 620 g/mol. The minimum atomic E-state index is -3.79. The van der Waals surface area contributed by atoms with Gasteiger partial charge in [0.1, 0.15) is 28.9 Å². The zero-order valence-electron chi connectivity index (χ0n) is 24.7. The summed E-state index contributed by atoms with van der Waals surface area (Å²) in [5.41, 5.74) is 2.96. The first-order valence-corrected chi connectivity index (χ1v) is 15.8. The molecule has 0 spiro atoms. The van der Waals surface area contributed by atoms with Crippen LogP contribution in [0.15, 0.2) is 72.0 Å². The van der Waals surface area contributed by atoms with Crippen molar-refractivity contribution in [2.75, 3.05) is 36.8 Å². The summed E-state index contributed by atoms with van der Waals surface area (Å²) in [6.07, 6.45) is 2.74. The van der Waals surface area contributed by atoms with E-state index in [0.29, 0.717) is 19.6 Å². The quantitative estimate of drug-likeness (QED) is 0.146. The average Bonchev–Trinajstić information content (AvgIpc) is 3.01. The zero-order chi connectivity index (χ0) is 31.1. The topological polar surface area (TPSA) is 122 Å². The molecule has 43 heavy (non-hydrogen) atoms. The highest BCUT2D eigenvalue weighted by molar-refractivity contribution is 7.90. The van der Waals surface area contributed by atoms with E-state index in [0.717, 1.165) is 40.3 Å². The van der Waals surface area contributed by atoms with Crippen molar-refractivity contribution >= 4 is 33.1 Å². The van der Waals surface area contributed by atoms with Crippen LogP contribution in [0.4, 0.5) is 11.6 Å². The summed E-state index contributed by atoms with van der Waals surface area (Å²) in [5.74, 6) is 2.40. The summed E-state index contributed by atoms with van der Waals surface area (Å²) >= 11 is 6.29. The van der Waals surface area contributed by atoms with Crippen LogP contribution in [-0.2, 0) is 22.9 Å². The van der Waals surface area contributed by atoms with Crippen molar-refractivity contribution in [2.24, 2.45) is 0 Å². The Morgan fingerprint density at radius 2 is 1.49 bits per heavy atom. The summed E-state index contributed by atoms with van der Waals surface area (Å²) in [5, 5.41) is 9.25. The van der Waals surface area contributed by atoms with Crippen LogP contribution in [0.1, 0.15) is 42.1 Å². The van der Waals surface area contributed by atoms with E-state index < -0.39 is 15.0 Å². The number of nitrogens with zero attached hydrogens (tertiary/aromatic N) is 6. The SMILES string of the molecule is CCN(c1nc(S(C)(=O)=O)nc(Cl)c1C#N)[C@H](C)c1cccnc1N(Cc1ccc(OC)cc1)Cc1ccc(OC)cc1. The highest BCUT2D eigenvalue weighted by Gasteiger charge is 2.28. The molecule has 0 aliphatic heterocycles. The van der Waals surface area contributed by atoms with E-state index >= 15 is 0 Å². The Morgan fingerprint density at radius 3 is 1.95 bits per heavy atom. The minimum Gasteiger partial charge on any atom is -0.497 e. The Hall–Kier alpha value is -4.40. The van der Waals surface area contributed by atoms with Gasteiger partial charge >= 0.3 is 0 Å². The number of sulfone groups is 1. The predicted octanol–water partition coefficient (Wildman–Crippen LogP) is 5.61. The van der Waals surface area contributed by atoms with E-state index in [4.69, 9.17) is 26.1 Å². The molecule has 12 heteroatoms. The lowest BCUT2D eigenvalue weighted by Gasteiger charge is -2.34. The summed E-state index contributed by atoms with van der Waals surface area (Å²) in [7, 11) is -0.522. The first-order valence-electron chi connectivity index (χ1n) is 13.5. The van der Waals surface area contributed by atoms with Crippen molar-refractivity contribution in [1.29, 1.82) is 5.26 Å². The van der Waals surface area contributed by atoms with E-state index in [9.17, 15) is 13.7 Å². The molecule has 10 nitrogen and oxygen atoms in total. The molecule has 2 aromatic heterocycles. The second-order valence-corrected chi connectivity index (χ2v) is 12.1. The fourth-order valence-corrected chi connectivity index (χ4v) is 5.52. The Labute approximate surface area is 257 Å². The molecule has 0 aliphatic carbocycles. The van der Waals surface area contributed by atoms with Gasteiger partial charge < -0.3 is 19.3 Å². The van der Waals surface area contributed by atoms with Gasteiger partial charge in [0.15, 0.2) is 11.0 Å². The number of anilines is 2. The molecule has 0 aliphatic rings. The number of hydrogen-bond acceptors (Lipinski definition) is 10. The van der Waals surface area contributed by atoms with Crippen LogP contribution >= 0.6 is 11.6 Å². The Balaban J connectivity index is 1.80. The third kappa shape index (κ3) is 7.34. The maximum absolute atomic E-state index is 12.3. The van der Waals surface area contributed by atoms with Gasteiger partial charge in [0.2, 0.25) is 15.0 Å². The molecule has 0 saturated carbocycles. The molecule has 0 saturated heterocycles. The fraction of sp³-hybridized carbons (Fsp3) is 0.290. The normalized spacial score (nSPS) is 11.8. The maximum atomic E-state index is 12.3. The number of aromatic nitrogens is 3. The second-order valence-electron chi connectivity index (χ2n) is 9.81. The minimum absolute atomic E-state index is 0.00142. The van der Waals surface area contributed by atoms with Gasteiger partial charge in [-0.3, -0.25) is 0 Å². The van der Waals surface area contributed by atoms with Gasteiger partial charge in [0.25, 0.3) is 0 Å². The highest BCUT2D eigenvalue weighted by atomic mass is 35.5. The van der Waals surface area contributed by atoms with Crippen LogP contribution in [0.5, 0.6) is 11.5 Å². The Kier molecular flexibility index (Phi) is 10.1. The van der Waals surface area contributed by atoms with Gasteiger partial charge in [0, 0.05) is 37.7 Å². The molecule has 4 aromatic rings. The number of benzene rings is 2. The van der Waals surface area contributed by atoms with Crippen molar-refractivity contribution in [3.63, 3.8) is 0 Å². The fourth-order valence-electron chi connectivity index (χ4n) is 4.76. The number of ether oxygens (including phenoxy) is 2. The third-order valence-electron chi connectivity index (χ3n) is 6.98. The molecule has 2 heterocycles. The van der Waals surface area contributed by atoms with Crippen LogP contribution in [-0.4, -0.2) is 50.4 Å². The Bertz CT molecular complexity index is 1660. The van der Waals surface area contributed by atoms with Crippen molar-refractivity contribution in [2.45, 2.75) is 38.1 Å². The molecule has 0 bridgehead atoms. The molecule has 224 valence electrons. The Morgan fingerprint density at radius 1 is 0.930 bits per heavy atom. The molecule has 2 aromatic carbocycles. The van der Waals surface area contributed by atoms with Crippen LogP contribution < -0.4 is 19.3 Å². The van der Waals surface area contributed by atoms with Crippen LogP contribution in [0.3, 0.4) is 0 Å². The van der Waals surface area contributed by atoms with E-state index in [-0.39, 0.29) is 22.6 Å². The standard InChI is InChI=1S/C31H33ClN6O4S/c1-6-38(30-27(18-33)28(32)35-31(36-30)43(5,39)40)21(2)26-8-7-17-34-29(26)37(19-22-9-13-24(41-3)14-10-22)20-23-11-15-25(42-4)16-12-23/h7-17,21H,6,19-20H2,1-5H3/t21-/m1/s1. The lowest BCUT2D eigenvalue weighted by atomic mass is 10.1. The molecular weight excluding hydrogens is 588 g/mol. The number of halogens is 1. The number of nitriles is 1. The molecule has 4 rings (SSSR count). The average molecular weight is 621 g/mol.